The molecule has 0 fully saturated rings. The van der Waals surface area contributed by atoms with Gasteiger partial charge in [0.1, 0.15) is 0 Å². The van der Waals surface area contributed by atoms with Gasteiger partial charge in [0, 0.05) is 9.50 Å². The van der Waals surface area contributed by atoms with Gasteiger partial charge in [0.25, 0.3) is 5.91 Å². The highest BCUT2D eigenvalue weighted by Gasteiger charge is 2.15. The summed E-state index contributed by atoms with van der Waals surface area (Å²) in [4.78, 5) is 12.2. The predicted octanol–water partition coefficient (Wildman–Crippen LogP) is 4.59. The lowest BCUT2D eigenvalue weighted by atomic mass is 10.1. The minimum absolute atomic E-state index is 0.125. The molecule has 1 atom stereocenters. The molecular weight excluding hydrogens is 326 g/mol. The van der Waals surface area contributed by atoms with Gasteiger partial charge in [-0.05, 0) is 46.6 Å². The highest BCUT2D eigenvalue weighted by Crippen LogP contribution is 2.23. The zero-order valence-corrected chi connectivity index (χ0v) is 12.7. The van der Waals surface area contributed by atoms with Gasteiger partial charge in [-0.2, -0.15) is 0 Å². The molecule has 1 amide bonds. The molecule has 0 spiro atoms. The van der Waals surface area contributed by atoms with E-state index in [1.165, 1.54) is 0 Å². The third-order valence-corrected chi connectivity index (χ3v) is 3.87. The highest BCUT2D eigenvalue weighted by molar-refractivity contribution is 9.10. The molecule has 0 heterocycles. The second-order valence-corrected chi connectivity index (χ2v) is 5.46. The fraction of sp³-hybridized carbons (Fsp3) is 0.133. The summed E-state index contributed by atoms with van der Waals surface area (Å²) in [5, 5.41) is 3.60. The molecule has 0 aliphatic carbocycles. The van der Waals surface area contributed by atoms with Crippen LogP contribution in [0, 0.1) is 0 Å². The van der Waals surface area contributed by atoms with Gasteiger partial charge < -0.3 is 5.32 Å². The number of nitrogens with one attached hydrogen (secondary N) is 1. The molecular formula is C15H13BrClNO. The second-order valence-electron chi connectivity index (χ2n) is 4.20. The Morgan fingerprint density at radius 3 is 2.47 bits per heavy atom. The summed E-state index contributed by atoms with van der Waals surface area (Å²) in [7, 11) is 0. The zero-order valence-electron chi connectivity index (χ0n) is 10.4. The number of rotatable bonds is 3. The molecule has 19 heavy (non-hydrogen) atoms. The second kappa shape index (κ2) is 6.22. The van der Waals surface area contributed by atoms with Crippen LogP contribution in [-0.4, -0.2) is 5.91 Å². The maximum atomic E-state index is 12.2. The van der Waals surface area contributed by atoms with Gasteiger partial charge in [-0.25, -0.2) is 0 Å². The summed E-state index contributed by atoms with van der Waals surface area (Å²) in [6.07, 6.45) is 0. The molecule has 0 saturated carbocycles. The third-order valence-electron chi connectivity index (χ3n) is 2.84. The summed E-state index contributed by atoms with van der Waals surface area (Å²) in [5.74, 6) is -0.125. The molecule has 2 nitrogen and oxygen atoms in total. The first-order valence-electron chi connectivity index (χ1n) is 5.89. The van der Waals surface area contributed by atoms with Gasteiger partial charge in [0.15, 0.2) is 0 Å². The van der Waals surface area contributed by atoms with Crippen molar-refractivity contribution in [3.63, 3.8) is 0 Å². The van der Waals surface area contributed by atoms with Gasteiger partial charge in [-0.15, -0.1) is 0 Å². The smallest absolute Gasteiger partial charge is 0.252 e. The van der Waals surface area contributed by atoms with Crippen LogP contribution in [0.3, 0.4) is 0 Å². The minimum Gasteiger partial charge on any atom is -0.345 e. The molecule has 0 bridgehead atoms. The Labute approximate surface area is 125 Å². The lowest BCUT2D eigenvalue weighted by Crippen LogP contribution is -2.27. The molecule has 0 aromatic heterocycles. The Balaban J connectivity index is 2.16. The number of carbonyl (C=O) groups is 1. The summed E-state index contributed by atoms with van der Waals surface area (Å²) in [5.41, 5.74) is 1.52. The molecule has 0 saturated heterocycles. The number of benzene rings is 2. The Hall–Kier alpha value is -1.32. The van der Waals surface area contributed by atoms with Crippen LogP contribution in [0.15, 0.2) is 53.0 Å². The van der Waals surface area contributed by atoms with Gasteiger partial charge in [0.05, 0.1) is 11.6 Å². The summed E-state index contributed by atoms with van der Waals surface area (Å²) >= 11 is 9.49. The van der Waals surface area contributed by atoms with Gasteiger partial charge >= 0.3 is 0 Å². The maximum absolute atomic E-state index is 12.2. The number of hydrogen-bond acceptors (Lipinski definition) is 1. The fourth-order valence-electron chi connectivity index (χ4n) is 1.82. The monoisotopic (exact) mass is 337 g/mol. The third kappa shape index (κ3) is 3.37. The molecule has 1 N–H and O–H groups in total. The highest BCUT2D eigenvalue weighted by atomic mass is 79.9. The van der Waals surface area contributed by atoms with E-state index in [4.69, 9.17) is 11.6 Å². The van der Waals surface area contributed by atoms with Crippen molar-refractivity contribution in [3.05, 3.63) is 69.2 Å². The predicted molar refractivity (Wildman–Crippen MR) is 81.5 cm³/mol. The topological polar surface area (TPSA) is 29.1 Å². The number of hydrogen-bond donors (Lipinski definition) is 1. The van der Waals surface area contributed by atoms with Crippen LogP contribution in [0.2, 0.25) is 5.02 Å². The van der Waals surface area contributed by atoms with E-state index in [1.807, 2.05) is 49.4 Å². The van der Waals surface area contributed by atoms with Crippen LogP contribution < -0.4 is 5.32 Å². The van der Waals surface area contributed by atoms with E-state index in [2.05, 4.69) is 21.2 Å². The van der Waals surface area contributed by atoms with E-state index in [-0.39, 0.29) is 11.9 Å². The zero-order chi connectivity index (χ0) is 13.8. The molecule has 0 aliphatic rings. The molecule has 0 radical (unpaired) electrons. The molecule has 2 rings (SSSR count). The molecule has 2 aromatic carbocycles. The van der Waals surface area contributed by atoms with Crippen molar-refractivity contribution in [1.29, 1.82) is 0 Å². The molecule has 2 aromatic rings. The van der Waals surface area contributed by atoms with Crippen molar-refractivity contribution in [1.82, 2.24) is 5.32 Å². The van der Waals surface area contributed by atoms with Crippen LogP contribution >= 0.6 is 27.5 Å². The Bertz CT molecular complexity index is 600. The lowest BCUT2D eigenvalue weighted by molar-refractivity contribution is 0.0939. The lowest BCUT2D eigenvalue weighted by Gasteiger charge is -2.16. The van der Waals surface area contributed by atoms with Gasteiger partial charge in [-0.1, -0.05) is 41.9 Å². The largest absolute Gasteiger partial charge is 0.345 e. The van der Waals surface area contributed by atoms with Crippen molar-refractivity contribution in [2.75, 3.05) is 0 Å². The maximum Gasteiger partial charge on any atom is 0.252 e. The van der Waals surface area contributed by atoms with Crippen LogP contribution in [0.1, 0.15) is 28.9 Å². The molecule has 1 unspecified atom stereocenters. The minimum atomic E-state index is -0.145. The Morgan fingerprint density at radius 1 is 1.16 bits per heavy atom. The fourth-order valence-corrected chi connectivity index (χ4v) is 2.59. The first kappa shape index (κ1) is 14.1. The summed E-state index contributed by atoms with van der Waals surface area (Å²) < 4.78 is 0.777. The van der Waals surface area contributed by atoms with Crippen LogP contribution in [-0.2, 0) is 0 Å². The van der Waals surface area contributed by atoms with E-state index >= 15 is 0 Å². The van der Waals surface area contributed by atoms with Gasteiger partial charge in [-0.3, -0.25) is 4.79 Å². The summed E-state index contributed by atoms with van der Waals surface area (Å²) in [6, 6.07) is 14.7. The first-order chi connectivity index (χ1) is 9.09. The number of amides is 1. The molecule has 4 heteroatoms. The van der Waals surface area contributed by atoms with Crippen molar-refractivity contribution >= 4 is 33.4 Å². The van der Waals surface area contributed by atoms with E-state index in [0.29, 0.717) is 10.6 Å². The summed E-state index contributed by atoms with van der Waals surface area (Å²) in [6.45, 7) is 1.91. The van der Waals surface area contributed by atoms with Crippen molar-refractivity contribution in [2.24, 2.45) is 0 Å². The first-order valence-corrected chi connectivity index (χ1v) is 7.06. The van der Waals surface area contributed by atoms with E-state index in [9.17, 15) is 4.79 Å². The van der Waals surface area contributed by atoms with Crippen molar-refractivity contribution in [2.45, 2.75) is 13.0 Å². The standard InChI is InChI=1S/C15H13BrClNO/c1-10(11-6-3-5-9-14(11)17)18-15(19)12-7-2-4-8-13(12)16/h2-10H,1H3,(H,18,19). The van der Waals surface area contributed by atoms with E-state index < -0.39 is 0 Å². The Morgan fingerprint density at radius 2 is 1.79 bits per heavy atom. The average molecular weight is 339 g/mol. The van der Waals surface area contributed by atoms with Crippen LogP contribution in [0.4, 0.5) is 0 Å². The number of carbonyl (C=O) groups excluding carboxylic acids is 1. The normalized spacial score (nSPS) is 11.9. The quantitative estimate of drug-likeness (QED) is 0.871. The van der Waals surface area contributed by atoms with E-state index in [0.717, 1.165) is 10.0 Å². The molecule has 0 aliphatic heterocycles. The van der Waals surface area contributed by atoms with E-state index in [1.54, 1.807) is 6.07 Å². The van der Waals surface area contributed by atoms with Crippen LogP contribution in [0.25, 0.3) is 0 Å². The molecule has 98 valence electrons. The van der Waals surface area contributed by atoms with Crippen molar-refractivity contribution < 1.29 is 4.79 Å². The number of halogens is 2. The Kier molecular flexibility index (Phi) is 4.61. The average Bonchev–Trinajstić information content (AvgIpc) is 2.39. The van der Waals surface area contributed by atoms with Gasteiger partial charge in [0.2, 0.25) is 0 Å². The SMILES string of the molecule is CC(NC(=O)c1ccccc1Br)c1ccccc1Cl. The van der Waals surface area contributed by atoms with Crippen molar-refractivity contribution in [3.8, 4) is 0 Å². The van der Waals surface area contributed by atoms with Crippen LogP contribution in [0.5, 0.6) is 0 Å².